The third-order valence-corrected chi connectivity index (χ3v) is 5.36. The molecule has 0 aliphatic rings. The topological polar surface area (TPSA) is 12.0 Å². The van der Waals surface area contributed by atoms with Crippen molar-refractivity contribution >= 4 is 39.0 Å². The molecule has 0 fully saturated rings. The van der Waals surface area contributed by atoms with Crippen LogP contribution in [0.4, 0.5) is 0 Å². The lowest BCUT2D eigenvalue weighted by atomic mass is 10.3. The number of thioether (sulfide) groups is 1. The second-order valence-corrected chi connectivity index (χ2v) is 7.39. The van der Waals surface area contributed by atoms with Crippen molar-refractivity contribution < 1.29 is 0 Å². The molecular formula is C14H16BrNS2. The Labute approximate surface area is 125 Å². The van der Waals surface area contributed by atoms with Gasteiger partial charge in [0.2, 0.25) is 0 Å². The largest absolute Gasteiger partial charge is 0.312 e. The van der Waals surface area contributed by atoms with E-state index in [4.69, 9.17) is 0 Å². The van der Waals surface area contributed by atoms with Gasteiger partial charge in [-0.05, 0) is 44.3 Å². The number of halogens is 1. The van der Waals surface area contributed by atoms with Crippen LogP contribution in [0, 0.1) is 6.92 Å². The molecule has 0 saturated carbocycles. The van der Waals surface area contributed by atoms with Gasteiger partial charge in [0.1, 0.15) is 0 Å². The third kappa shape index (κ3) is 3.85. The summed E-state index contributed by atoms with van der Waals surface area (Å²) in [6, 6.07) is 13.3. The van der Waals surface area contributed by atoms with Crippen LogP contribution in [0.2, 0.25) is 0 Å². The molecule has 0 radical (unpaired) electrons. The summed E-state index contributed by atoms with van der Waals surface area (Å²) >= 11 is 7.27. The number of nitrogens with one attached hydrogen (secondary N) is 1. The quantitative estimate of drug-likeness (QED) is 0.778. The fourth-order valence-corrected chi connectivity index (χ4v) is 4.42. The van der Waals surface area contributed by atoms with Crippen molar-refractivity contribution in [3.63, 3.8) is 0 Å². The zero-order valence-electron chi connectivity index (χ0n) is 10.4. The Morgan fingerprint density at radius 3 is 2.78 bits per heavy atom. The molecule has 1 nitrogen and oxygen atoms in total. The van der Waals surface area contributed by atoms with E-state index in [1.807, 2.05) is 30.1 Å². The summed E-state index contributed by atoms with van der Waals surface area (Å²) in [5, 5.41) is 3.39. The monoisotopic (exact) mass is 341 g/mol. The van der Waals surface area contributed by atoms with Crippen molar-refractivity contribution in [3.8, 4) is 0 Å². The van der Waals surface area contributed by atoms with Gasteiger partial charge in [0.05, 0.1) is 6.04 Å². The summed E-state index contributed by atoms with van der Waals surface area (Å²) in [6.07, 6.45) is 0. The average molecular weight is 342 g/mol. The molecule has 0 spiro atoms. The summed E-state index contributed by atoms with van der Waals surface area (Å²) in [4.78, 5) is 4.09. The zero-order chi connectivity index (χ0) is 13.0. The standard InChI is InChI=1S/C14H16BrNS2/c1-10-6-7-14(18-10)13(16-2)9-17-12-5-3-4-11(15)8-12/h3-8,13,16H,9H2,1-2H3. The number of hydrogen-bond donors (Lipinski definition) is 1. The van der Waals surface area contributed by atoms with E-state index in [9.17, 15) is 0 Å². The molecule has 0 amide bonds. The minimum Gasteiger partial charge on any atom is -0.312 e. The van der Waals surface area contributed by atoms with Gasteiger partial charge in [0.25, 0.3) is 0 Å². The molecular weight excluding hydrogens is 326 g/mol. The first kappa shape index (κ1) is 14.1. The van der Waals surface area contributed by atoms with Gasteiger partial charge in [0, 0.05) is 24.9 Å². The van der Waals surface area contributed by atoms with Crippen LogP contribution in [-0.2, 0) is 0 Å². The van der Waals surface area contributed by atoms with E-state index in [2.05, 4.69) is 64.6 Å². The van der Waals surface area contributed by atoms with Gasteiger partial charge >= 0.3 is 0 Å². The second-order valence-electron chi connectivity index (χ2n) is 4.06. The lowest BCUT2D eigenvalue weighted by Gasteiger charge is -2.14. The molecule has 0 aliphatic carbocycles. The molecule has 2 aromatic rings. The summed E-state index contributed by atoms with van der Waals surface area (Å²) < 4.78 is 1.14. The van der Waals surface area contributed by atoms with Gasteiger partial charge < -0.3 is 5.32 Å². The van der Waals surface area contributed by atoms with Gasteiger partial charge in [-0.15, -0.1) is 23.1 Å². The zero-order valence-corrected chi connectivity index (χ0v) is 13.7. The Bertz CT molecular complexity index is 510. The van der Waals surface area contributed by atoms with Gasteiger partial charge in [0.15, 0.2) is 0 Å². The SMILES string of the molecule is CNC(CSc1cccc(Br)c1)c1ccc(C)s1. The van der Waals surface area contributed by atoms with E-state index >= 15 is 0 Å². The average Bonchev–Trinajstić information content (AvgIpc) is 2.77. The Balaban J connectivity index is 1.99. The normalized spacial score (nSPS) is 12.6. The fourth-order valence-electron chi connectivity index (χ4n) is 1.68. The maximum absolute atomic E-state index is 3.51. The molecule has 1 N–H and O–H groups in total. The predicted molar refractivity (Wildman–Crippen MR) is 85.7 cm³/mol. The number of hydrogen-bond acceptors (Lipinski definition) is 3. The summed E-state index contributed by atoms with van der Waals surface area (Å²) in [6.45, 7) is 2.16. The molecule has 4 heteroatoms. The van der Waals surface area contributed by atoms with Gasteiger partial charge in [-0.2, -0.15) is 0 Å². The van der Waals surface area contributed by atoms with Crippen molar-refractivity contribution in [1.82, 2.24) is 5.32 Å². The molecule has 1 atom stereocenters. The van der Waals surface area contributed by atoms with Gasteiger partial charge in [-0.25, -0.2) is 0 Å². The highest BCUT2D eigenvalue weighted by molar-refractivity contribution is 9.10. The highest BCUT2D eigenvalue weighted by Crippen LogP contribution is 2.29. The first-order valence-corrected chi connectivity index (χ1v) is 8.40. The number of benzene rings is 1. The maximum Gasteiger partial charge on any atom is 0.0507 e. The third-order valence-electron chi connectivity index (χ3n) is 2.67. The van der Waals surface area contributed by atoms with Crippen LogP contribution < -0.4 is 5.32 Å². The molecule has 1 aromatic carbocycles. The van der Waals surface area contributed by atoms with Crippen molar-refractivity contribution in [2.45, 2.75) is 17.9 Å². The Kier molecular flexibility index (Phi) is 5.30. The maximum atomic E-state index is 3.51. The van der Waals surface area contributed by atoms with E-state index in [-0.39, 0.29) is 0 Å². The molecule has 1 aromatic heterocycles. The molecule has 1 unspecified atom stereocenters. The van der Waals surface area contributed by atoms with Crippen molar-refractivity contribution in [3.05, 3.63) is 50.6 Å². The number of aryl methyl sites for hydroxylation is 1. The Morgan fingerprint density at radius 2 is 2.17 bits per heavy atom. The first-order chi connectivity index (χ1) is 8.69. The highest BCUT2D eigenvalue weighted by atomic mass is 79.9. The Hall–Kier alpha value is -0.290. The Morgan fingerprint density at radius 1 is 1.33 bits per heavy atom. The fraction of sp³-hybridized carbons (Fsp3) is 0.286. The van der Waals surface area contributed by atoms with E-state index in [1.165, 1.54) is 14.6 Å². The smallest absolute Gasteiger partial charge is 0.0507 e. The summed E-state index contributed by atoms with van der Waals surface area (Å²) in [5.41, 5.74) is 0. The number of rotatable bonds is 5. The van der Waals surface area contributed by atoms with Crippen LogP contribution in [0.25, 0.3) is 0 Å². The first-order valence-electron chi connectivity index (χ1n) is 5.81. The van der Waals surface area contributed by atoms with Gasteiger partial charge in [-0.1, -0.05) is 22.0 Å². The molecule has 2 rings (SSSR count). The van der Waals surface area contributed by atoms with Crippen LogP contribution in [-0.4, -0.2) is 12.8 Å². The van der Waals surface area contributed by atoms with Crippen LogP contribution in [0.15, 0.2) is 45.8 Å². The molecule has 18 heavy (non-hydrogen) atoms. The van der Waals surface area contributed by atoms with Crippen molar-refractivity contribution in [1.29, 1.82) is 0 Å². The van der Waals surface area contributed by atoms with Crippen LogP contribution >= 0.6 is 39.0 Å². The highest BCUT2D eigenvalue weighted by Gasteiger charge is 2.11. The van der Waals surface area contributed by atoms with E-state index in [0.29, 0.717) is 6.04 Å². The predicted octanol–water partition coefficient (Wildman–Crippen LogP) is 4.87. The molecule has 96 valence electrons. The van der Waals surface area contributed by atoms with Crippen molar-refractivity contribution in [2.24, 2.45) is 0 Å². The minimum atomic E-state index is 0.424. The van der Waals surface area contributed by atoms with E-state index in [1.54, 1.807) is 0 Å². The summed E-state index contributed by atoms with van der Waals surface area (Å²) in [7, 11) is 2.03. The van der Waals surface area contributed by atoms with E-state index in [0.717, 1.165) is 10.2 Å². The lowest BCUT2D eigenvalue weighted by molar-refractivity contribution is 0.673. The van der Waals surface area contributed by atoms with Crippen molar-refractivity contribution in [2.75, 3.05) is 12.8 Å². The van der Waals surface area contributed by atoms with Gasteiger partial charge in [-0.3, -0.25) is 0 Å². The van der Waals surface area contributed by atoms with E-state index < -0.39 is 0 Å². The van der Waals surface area contributed by atoms with Crippen LogP contribution in [0.5, 0.6) is 0 Å². The lowest BCUT2D eigenvalue weighted by Crippen LogP contribution is -2.17. The number of thiophene rings is 1. The van der Waals surface area contributed by atoms with Crippen LogP contribution in [0.1, 0.15) is 15.8 Å². The minimum absolute atomic E-state index is 0.424. The molecule has 0 bridgehead atoms. The molecule has 0 saturated heterocycles. The molecule has 0 aliphatic heterocycles. The summed E-state index contributed by atoms with van der Waals surface area (Å²) in [5.74, 6) is 1.05. The van der Waals surface area contributed by atoms with Crippen LogP contribution in [0.3, 0.4) is 0 Å². The second kappa shape index (κ2) is 6.75. The molecule has 1 heterocycles.